The number of hydrogen-bond donors (Lipinski definition) is 0. The second kappa shape index (κ2) is 14.5. The Hall–Kier alpha value is -5.58. The highest BCUT2D eigenvalue weighted by molar-refractivity contribution is 5.93. The second-order valence-corrected chi connectivity index (χ2v) is 11.3. The third kappa shape index (κ3) is 6.35. The van der Waals surface area contributed by atoms with E-state index in [0.717, 1.165) is 34.6 Å². The predicted molar refractivity (Wildman–Crippen MR) is 179 cm³/mol. The molecule has 0 radical (unpaired) electrons. The number of benzene rings is 2. The average Bonchev–Trinajstić information content (AvgIpc) is 3.37. The minimum Gasteiger partial charge on any atom is -0.497 e. The molecular weight excluding hydrogens is 612 g/mol. The van der Waals surface area contributed by atoms with Gasteiger partial charge in [0.1, 0.15) is 47.7 Å². The fraction of sp³-hybridized carbons (Fsp3) is 0.297. The summed E-state index contributed by atoms with van der Waals surface area (Å²) < 4.78 is 32.6. The lowest BCUT2D eigenvalue weighted by Crippen LogP contribution is -2.31. The molecule has 0 aliphatic heterocycles. The molecule has 5 aromatic rings. The molecule has 48 heavy (non-hydrogen) atoms. The van der Waals surface area contributed by atoms with Gasteiger partial charge in [0.25, 0.3) is 5.56 Å². The van der Waals surface area contributed by atoms with Crippen molar-refractivity contribution in [2.75, 3.05) is 21.3 Å². The van der Waals surface area contributed by atoms with E-state index in [4.69, 9.17) is 28.7 Å². The van der Waals surface area contributed by atoms with Gasteiger partial charge in [-0.05, 0) is 56.0 Å². The smallest absolute Gasteiger partial charge is 0.347 e. The maximum atomic E-state index is 14.6. The lowest BCUT2D eigenvalue weighted by molar-refractivity contribution is 0.0592. The Labute approximate surface area is 278 Å². The first kappa shape index (κ1) is 32.4. The topological polar surface area (TPSA) is 116 Å². The number of esters is 1. The molecule has 0 spiro atoms. The zero-order valence-electron chi connectivity index (χ0n) is 27.5. The van der Waals surface area contributed by atoms with Crippen molar-refractivity contribution in [1.82, 2.24) is 19.1 Å². The fourth-order valence-corrected chi connectivity index (χ4v) is 6.21. The highest BCUT2D eigenvalue weighted by Crippen LogP contribution is 2.40. The molecule has 11 nitrogen and oxygen atoms in total. The number of imidazole rings is 1. The van der Waals surface area contributed by atoms with Crippen LogP contribution in [0.25, 0.3) is 11.4 Å². The Morgan fingerprint density at radius 2 is 1.67 bits per heavy atom. The van der Waals surface area contributed by atoms with Crippen LogP contribution in [0.1, 0.15) is 51.9 Å². The maximum Gasteiger partial charge on any atom is 0.347 e. The number of carbonyl (C=O) groups excluding carboxylic acids is 1. The largest absolute Gasteiger partial charge is 0.497 e. The van der Waals surface area contributed by atoms with E-state index < -0.39 is 11.5 Å². The zero-order valence-corrected chi connectivity index (χ0v) is 27.5. The van der Waals surface area contributed by atoms with Gasteiger partial charge in [0.15, 0.2) is 5.56 Å². The molecule has 1 aliphatic carbocycles. The van der Waals surface area contributed by atoms with E-state index in [-0.39, 0.29) is 31.1 Å². The number of aromatic nitrogens is 4. The monoisotopic (exact) mass is 650 g/mol. The highest BCUT2D eigenvalue weighted by Gasteiger charge is 2.33. The van der Waals surface area contributed by atoms with Crippen molar-refractivity contribution < 1.29 is 28.5 Å². The van der Waals surface area contributed by atoms with Gasteiger partial charge in [-0.3, -0.25) is 9.78 Å². The van der Waals surface area contributed by atoms with Gasteiger partial charge in [-0.15, -0.1) is 0 Å². The molecule has 11 heteroatoms. The third-order valence-electron chi connectivity index (χ3n) is 8.50. The summed E-state index contributed by atoms with van der Waals surface area (Å²) in [6.45, 7) is 3.19. The van der Waals surface area contributed by atoms with Crippen LogP contribution in [0, 0.1) is 0 Å². The molecule has 0 saturated heterocycles. The van der Waals surface area contributed by atoms with Crippen molar-refractivity contribution in [3.05, 3.63) is 117 Å². The van der Waals surface area contributed by atoms with Crippen LogP contribution in [0.3, 0.4) is 0 Å². The predicted octanol–water partition coefficient (Wildman–Crippen LogP) is 5.63. The van der Waals surface area contributed by atoms with Crippen molar-refractivity contribution in [3.8, 4) is 34.4 Å². The van der Waals surface area contributed by atoms with Gasteiger partial charge < -0.3 is 32.8 Å². The fourth-order valence-electron chi connectivity index (χ4n) is 6.21. The summed E-state index contributed by atoms with van der Waals surface area (Å²) in [5, 5.41) is 0. The number of hydrogen-bond acceptors (Lipinski definition) is 9. The van der Waals surface area contributed by atoms with Crippen LogP contribution in [0.5, 0.6) is 23.0 Å². The number of nitrogens with zero attached hydrogens (tertiary/aromatic N) is 4. The lowest BCUT2D eigenvalue weighted by Gasteiger charge is -2.22. The van der Waals surface area contributed by atoms with E-state index in [0.29, 0.717) is 48.0 Å². The first-order chi connectivity index (χ1) is 23.5. The SMILES string of the molecule is CCn1c(COc2ccncc2)nc2c1CCCc1c(OCc3ccccc3)c(C(=O)OC)c(=O)n(Cc3ccc(OC)cc3OC)c1-2. The average molecular weight is 651 g/mol. The zero-order chi connectivity index (χ0) is 33.6. The molecule has 0 bridgehead atoms. The standard InChI is InChI=1S/C37H38N4O7/c1-5-40-29-13-9-12-28-34(33(29)39-31(40)23-47-26-16-18-38-19-17-26)41(21-25-14-15-27(44-2)20-30(25)45-3)36(42)32(37(43)46-4)35(28)48-22-24-10-7-6-8-11-24/h6-8,10-11,14-20H,5,9,12-13,21-23H2,1-4H3. The summed E-state index contributed by atoms with van der Waals surface area (Å²) in [6.07, 6.45) is 5.34. The number of fused-ring (bicyclic) bond motifs is 3. The van der Waals surface area contributed by atoms with Crippen LogP contribution in [0.4, 0.5) is 0 Å². The highest BCUT2D eigenvalue weighted by atomic mass is 16.5. The summed E-state index contributed by atoms with van der Waals surface area (Å²) in [4.78, 5) is 37.3. The quantitative estimate of drug-likeness (QED) is 0.159. The van der Waals surface area contributed by atoms with Crippen molar-refractivity contribution in [2.45, 2.75) is 52.5 Å². The molecule has 0 saturated carbocycles. The molecule has 0 unspecified atom stereocenters. The minimum atomic E-state index is -0.767. The van der Waals surface area contributed by atoms with Gasteiger partial charge in [-0.2, -0.15) is 0 Å². The summed E-state index contributed by atoms with van der Waals surface area (Å²) in [5.41, 5.74) is 3.88. The minimum absolute atomic E-state index is 0.0958. The number of pyridine rings is 2. The van der Waals surface area contributed by atoms with Gasteiger partial charge >= 0.3 is 5.97 Å². The van der Waals surface area contributed by atoms with Crippen LogP contribution in [0.2, 0.25) is 0 Å². The number of carbonyl (C=O) groups is 1. The molecule has 0 amide bonds. The van der Waals surface area contributed by atoms with Gasteiger partial charge in [-0.1, -0.05) is 30.3 Å². The Kier molecular flexibility index (Phi) is 9.75. The third-order valence-corrected chi connectivity index (χ3v) is 8.50. The summed E-state index contributed by atoms with van der Waals surface area (Å²) in [5.74, 6) is 2.00. The molecule has 6 rings (SSSR count). The summed E-state index contributed by atoms with van der Waals surface area (Å²) >= 11 is 0. The van der Waals surface area contributed by atoms with E-state index in [1.54, 1.807) is 49.4 Å². The van der Waals surface area contributed by atoms with Crippen molar-refractivity contribution in [3.63, 3.8) is 0 Å². The van der Waals surface area contributed by atoms with E-state index in [1.165, 1.54) is 7.11 Å². The van der Waals surface area contributed by atoms with Crippen LogP contribution in [-0.4, -0.2) is 46.4 Å². The summed E-state index contributed by atoms with van der Waals surface area (Å²) in [7, 11) is 4.41. The van der Waals surface area contributed by atoms with Crippen molar-refractivity contribution in [2.24, 2.45) is 0 Å². The first-order valence-electron chi connectivity index (χ1n) is 15.8. The lowest BCUT2D eigenvalue weighted by atomic mass is 10.0. The molecule has 0 fully saturated rings. The molecule has 248 valence electrons. The number of methoxy groups -OCH3 is 3. The van der Waals surface area contributed by atoms with E-state index in [9.17, 15) is 9.59 Å². The van der Waals surface area contributed by atoms with E-state index >= 15 is 0 Å². The van der Waals surface area contributed by atoms with Crippen LogP contribution in [0.15, 0.2) is 77.9 Å². The Morgan fingerprint density at radius 3 is 2.38 bits per heavy atom. The van der Waals surface area contributed by atoms with Gasteiger partial charge in [0.05, 0.1) is 33.6 Å². The first-order valence-corrected chi connectivity index (χ1v) is 15.8. The molecule has 3 aromatic heterocycles. The molecule has 3 heterocycles. The van der Waals surface area contributed by atoms with Crippen LogP contribution in [-0.2, 0) is 43.9 Å². The number of rotatable bonds is 12. The molecule has 2 aromatic carbocycles. The Bertz CT molecular complexity index is 1970. The molecular formula is C37H38N4O7. The van der Waals surface area contributed by atoms with E-state index in [1.807, 2.05) is 42.5 Å². The number of ether oxygens (including phenoxy) is 5. The van der Waals surface area contributed by atoms with Crippen LogP contribution >= 0.6 is 0 Å². The van der Waals surface area contributed by atoms with Gasteiger partial charge in [0, 0.05) is 41.8 Å². The Morgan fingerprint density at radius 1 is 0.875 bits per heavy atom. The van der Waals surface area contributed by atoms with Crippen molar-refractivity contribution in [1.29, 1.82) is 0 Å². The molecule has 0 N–H and O–H groups in total. The Balaban J connectivity index is 1.58. The van der Waals surface area contributed by atoms with E-state index in [2.05, 4.69) is 16.5 Å². The van der Waals surface area contributed by atoms with Gasteiger partial charge in [-0.25, -0.2) is 9.78 Å². The summed E-state index contributed by atoms with van der Waals surface area (Å²) in [6, 6.07) is 18.6. The second-order valence-electron chi connectivity index (χ2n) is 11.3. The van der Waals surface area contributed by atoms with Crippen molar-refractivity contribution >= 4 is 5.97 Å². The normalized spacial score (nSPS) is 12.0. The maximum absolute atomic E-state index is 14.6. The molecule has 0 atom stereocenters. The molecule has 1 aliphatic rings. The van der Waals surface area contributed by atoms with Crippen LogP contribution < -0.4 is 24.5 Å². The van der Waals surface area contributed by atoms with Gasteiger partial charge in [0.2, 0.25) is 0 Å².